The van der Waals surface area contributed by atoms with E-state index >= 15 is 0 Å². The molecule has 1 aliphatic heterocycles. The zero-order valence-electron chi connectivity index (χ0n) is 24.4. The van der Waals surface area contributed by atoms with Crippen molar-refractivity contribution in [2.45, 2.75) is 39.2 Å². The van der Waals surface area contributed by atoms with Crippen LogP contribution >= 0.6 is 0 Å². The van der Waals surface area contributed by atoms with Crippen molar-refractivity contribution in [2.75, 3.05) is 32.0 Å². The number of anilines is 2. The first-order chi connectivity index (χ1) is 19.6. The van der Waals surface area contributed by atoms with Gasteiger partial charge in [0, 0.05) is 11.3 Å². The van der Waals surface area contributed by atoms with Crippen LogP contribution in [-0.2, 0) is 10.2 Å². The van der Waals surface area contributed by atoms with Crippen LogP contribution in [-0.4, -0.2) is 42.0 Å². The molecule has 0 radical (unpaired) electrons. The molecule has 4 aromatic rings. The summed E-state index contributed by atoms with van der Waals surface area (Å²) in [6.45, 7) is 8.40. The van der Waals surface area contributed by atoms with Gasteiger partial charge in [0.15, 0.2) is 17.3 Å². The van der Waals surface area contributed by atoms with Gasteiger partial charge in [-0.3, -0.25) is 4.79 Å². The fourth-order valence-electron chi connectivity index (χ4n) is 4.96. The molecule has 9 nitrogen and oxygen atoms in total. The smallest absolute Gasteiger partial charge is 0.255 e. The van der Waals surface area contributed by atoms with Gasteiger partial charge in [-0.25, -0.2) is 4.68 Å². The SMILES string of the molecule is COc1ccccc1NC(=O)C1=C(C)Nc2nc(-c3ccc(C(C)(C)C)cc3)nn2C1c1ccc(OC)c(OC)c1. The highest BCUT2D eigenvalue weighted by Crippen LogP contribution is 2.40. The molecule has 1 aromatic heterocycles. The third-order valence-electron chi connectivity index (χ3n) is 7.18. The number of allylic oxidation sites excluding steroid dienone is 1. The highest BCUT2D eigenvalue weighted by atomic mass is 16.5. The molecule has 212 valence electrons. The minimum Gasteiger partial charge on any atom is -0.495 e. The number of fused-ring (bicyclic) bond motifs is 1. The molecule has 9 heteroatoms. The molecular formula is C32H35N5O4. The zero-order valence-corrected chi connectivity index (χ0v) is 24.4. The van der Waals surface area contributed by atoms with E-state index in [4.69, 9.17) is 24.3 Å². The summed E-state index contributed by atoms with van der Waals surface area (Å²) in [5.74, 6) is 2.49. The Balaban J connectivity index is 1.61. The fourth-order valence-corrected chi connectivity index (χ4v) is 4.96. The number of nitrogens with zero attached hydrogens (tertiary/aromatic N) is 3. The maximum atomic E-state index is 13.9. The number of ether oxygens (including phenoxy) is 3. The van der Waals surface area contributed by atoms with E-state index in [-0.39, 0.29) is 11.3 Å². The van der Waals surface area contributed by atoms with Crippen LogP contribution in [0.25, 0.3) is 11.4 Å². The van der Waals surface area contributed by atoms with Crippen LogP contribution in [0.1, 0.15) is 44.9 Å². The lowest BCUT2D eigenvalue weighted by atomic mass is 9.87. The quantitative estimate of drug-likeness (QED) is 0.281. The van der Waals surface area contributed by atoms with Crippen molar-refractivity contribution in [1.29, 1.82) is 0 Å². The van der Waals surface area contributed by atoms with E-state index in [1.54, 1.807) is 38.1 Å². The Kier molecular flexibility index (Phi) is 7.45. The normalized spacial score (nSPS) is 14.7. The summed E-state index contributed by atoms with van der Waals surface area (Å²) in [6.07, 6.45) is 0. The number of benzene rings is 3. The average Bonchev–Trinajstić information content (AvgIpc) is 3.39. The standard InChI is InChI=1S/C32H35N5O4/c1-19-27(30(38)34-23-10-8-9-11-24(23)39-5)28(21-14-17-25(40-6)26(18-21)41-7)37-31(33-19)35-29(36-37)20-12-15-22(16-13-20)32(2,3)4/h8-18,28H,1-7H3,(H,34,38)(H,33,35,36). The zero-order chi connectivity index (χ0) is 29.3. The summed E-state index contributed by atoms with van der Waals surface area (Å²) < 4.78 is 18.3. The second-order valence-electron chi connectivity index (χ2n) is 10.9. The minimum absolute atomic E-state index is 0.0319. The highest BCUT2D eigenvalue weighted by molar-refractivity contribution is 6.06. The number of methoxy groups -OCH3 is 3. The van der Waals surface area contributed by atoms with Crippen molar-refractivity contribution in [2.24, 2.45) is 0 Å². The van der Waals surface area contributed by atoms with E-state index in [1.807, 2.05) is 49.4 Å². The van der Waals surface area contributed by atoms with E-state index in [9.17, 15) is 4.79 Å². The number of para-hydroxylation sites is 2. The summed E-state index contributed by atoms with van der Waals surface area (Å²) in [5.41, 5.74) is 4.63. The summed E-state index contributed by atoms with van der Waals surface area (Å²) in [7, 11) is 4.74. The molecule has 0 bridgehead atoms. The van der Waals surface area contributed by atoms with Crippen LogP contribution in [0.3, 0.4) is 0 Å². The van der Waals surface area contributed by atoms with Crippen LogP contribution < -0.4 is 24.8 Å². The molecule has 0 spiro atoms. The molecule has 0 aliphatic carbocycles. The maximum Gasteiger partial charge on any atom is 0.255 e. The first kappa shape index (κ1) is 27.8. The molecule has 41 heavy (non-hydrogen) atoms. The molecule has 0 fully saturated rings. The summed E-state index contributed by atoms with van der Waals surface area (Å²) >= 11 is 0. The van der Waals surface area contributed by atoms with Gasteiger partial charge in [-0.15, -0.1) is 5.10 Å². The Bertz CT molecular complexity index is 1620. The van der Waals surface area contributed by atoms with E-state index in [2.05, 4.69) is 43.5 Å². The first-order valence-electron chi connectivity index (χ1n) is 13.4. The van der Waals surface area contributed by atoms with Gasteiger partial charge in [0.2, 0.25) is 5.95 Å². The topological polar surface area (TPSA) is 99.5 Å². The molecule has 0 saturated heterocycles. The summed E-state index contributed by atoms with van der Waals surface area (Å²) in [5, 5.41) is 11.2. The third kappa shape index (κ3) is 5.35. The molecule has 2 heterocycles. The molecule has 0 saturated carbocycles. The number of carbonyl (C=O) groups excluding carboxylic acids is 1. The molecule has 1 atom stereocenters. The average molecular weight is 554 g/mol. The molecule has 3 aromatic carbocycles. The first-order valence-corrected chi connectivity index (χ1v) is 13.4. The van der Waals surface area contributed by atoms with Crippen molar-refractivity contribution < 1.29 is 19.0 Å². The van der Waals surface area contributed by atoms with Gasteiger partial charge in [0.05, 0.1) is 32.6 Å². The number of nitrogens with one attached hydrogen (secondary N) is 2. The third-order valence-corrected chi connectivity index (χ3v) is 7.18. The Morgan fingerprint density at radius 1 is 0.902 bits per heavy atom. The Hall–Kier alpha value is -4.79. The van der Waals surface area contributed by atoms with Crippen molar-refractivity contribution in [1.82, 2.24) is 14.8 Å². The van der Waals surface area contributed by atoms with Crippen molar-refractivity contribution >= 4 is 17.5 Å². The molecular weight excluding hydrogens is 518 g/mol. The van der Waals surface area contributed by atoms with Gasteiger partial charge >= 0.3 is 0 Å². The predicted octanol–water partition coefficient (Wildman–Crippen LogP) is 6.20. The lowest BCUT2D eigenvalue weighted by molar-refractivity contribution is -0.113. The van der Waals surface area contributed by atoms with Crippen LogP contribution in [0.5, 0.6) is 17.2 Å². The second-order valence-corrected chi connectivity index (χ2v) is 10.9. The summed E-state index contributed by atoms with van der Waals surface area (Å²) in [6, 6.07) is 20.6. The number of aromatic nitrogens is 3. The van der Waals surface area contributed by atoms with Gasteiger partial charge in [-0.05, 0) is 47.7 Å². The number of carbonyl (C=O) groups is 1. The largest absolute Gasteiger partial charge is 0.495 e. The molecule has 2 N–H and O–H groups in total. The van der Waals surface area contributed by atoms with Crippen LogP contribution in [0.2, 0.25) is 0 Å². The van der Waals surface area contributed by atoms with Crippen molar-refractivity contribution in [3.05, 3.63) is 89.1 Å². The number of amides is 1. The minimum atomic E-state index is -0.601. The van der Waals surface area contributed by atoms with Crippen molar-refractivity contribution in [3.63, 3.8) is 0 Å². The fraction of sp³-hybridized carbons (Fsp3) is 0.281. The van der Waals surface area contributed by atoms with E-state index in [1.165, 1.54) is 5.56 Å². The van der Waals surface area contributed by atoms with Crippen molar-refractivity contribution in [3.8, 4) is 28.6 Å². The number of hydrogen-bond acceptors (Lipinski definition) is 7. The molecule has 1 amide bonds. The monoisotopic (exact) mass is 553 g/mol. The molecule has 1 unspecified atom stereocenters. The van der Waals surface area contributed by atoms with E-state index < -0.39 is 6.04 Å². The van der Waals surface area contributed by atoms with Gasteiger partial charge < -0.3 is 24.8 Å². The predicted molar refractivity (Wildman–Crippen MR) is 160 cm³/mol. The van der Waals surface area contributed by atoms with Gasteiger partial charge in [-0.2, -0.15) is 4.98 Å². The van der Waals surface area contributed by atoms with Crippen LogP contribution in [0.15, 0.2) is 78.0 Å². The van der Waals surface area contributed by atoms with Gasteiger partial charge in [0.25, 0.3) is 5.91 Å². The Morgan fingerprint density at radius 3 is 2.24 bits per heavy atom. The molecule has 1 aliphatic rings. The lowest BCUT2D eigenvalue weighted by Crippen LogP contribution is -2.31. The Morgan fingerprint density at radius 2 is 1.59 bits per heavy atom. The Labute approximate surface area is 240 Å². The number of hydrogen-bond donors (Lipinski definition) is 2. The second kappa shape index (κ2) is 11.0. The van der Waals surface area contributed by atoms with Crippen LogP contribution in [0, 0.1) is 0 Å². The number of rotatable bonds is 7. The summed E-state index contributed by atoms with van der Waals surface area (Å²) in [4.78, 5) is 18.8. The van der Waals surface area contributed by atoms with E-state index in [0.29, 0.717) is 46.0 Å². The van der Waals surface area contributed by atoms with Gasteiger partial charge in [-0.1, -0.05) is 63.2 Å². The van der Waals surface area contributed by atoms with E-state index in [0.717, 1.165) is 11.1 Å². The maximum absolute atomic E-state index is 13.9. The molecule has 5 rings (SSSR count). The lowest BCUT2D eigenvalue weighted by Gasteiger charge is -2.29. The van der Waals surface area contributed by atoms with Crippen LogP contribution in [0.4, 0.5) is 11.6 Å². The van der Waals surface area contributed by atoms with Gasteiger partial charge in [0.1, 0.15) is 11.8 Å². The highest BCUT2D eigenvalue weighted by Gasteiger charge is 2.35.